The number of anilines is 1. The van der Waals surface area contributed by atoms with Crippen LogP contribution in [-0.2, 0) is 0 Å². The maximum atomic E-state index is 12.5. The van der Waals surface area contributed by atoms with Crippen LogP contribution in [0.5, 0.6) is 0 Å². The lowest BCUT2D eigenvalue weighted by atomic mass is 10.1. The second-order valence-electron chi connectivity index (χ2n) is 6.93. The summed E-state index contributed by atoms with van der Waals surface area (Å²) in [7, 11) is 0. The summed E-state index contributed by atoms with van der Waals surface area (Å²) < 4.78 is 5.77. The highest BCUT2D eigenvalue weighted by molar-refractivity contribution is 6.42. The third kappa shape index (κ3) is 5.17. The second-order valence-corrected chi connectivity index (χ2v) is 7.74. The van der Waals surface area contributed by atoms with Gasteiger partial charge in [-0.25, -0.2) is 0 Å². The lowest BCUT2D eigenvalue weighted by Gasteiger charge is -2.05. The van der Waals surface area contributed by atoms with Crippen LogP contribution in [0.25, 0.3) is 17.4 Å². The molecule has 1 N–H and O–H groups in total. The number of halogens is 2. The minimum atomic E-state index is -0.208. The van der Waals surface area contributed by atoms with Gasteiger partial charge in [0.2, 0.25) is 0 Å². The van der Waals surface area contributed by atoms with Gasteiger partial charge in [0, 0.05) is 22.4 Å². The maximum Gasteiger partial charge on any atom is 0.255 e. The highest BCUT2D eigenvalue weighted by Gasteiger charge is 2.08. The third-order valence-corrected chi connectivity index (χ3v) is 5.43. The Morgan fingerprint density at radius 1 is 0.781 bits per heavy atom. The molecule has 3 aromatic carbocycles. The number of rotatable bonds is 6. The van der Waals surface area contributed by atoms with Crippen molar-refractivity contribution in [3.05, 3.63) is 118 Å². The smallest absolute Gasteiger partial charge is 0.255 e. The van der Waals surface area contributed by atoms with E-state index >= 15 is 0 Å². The van der Waals surface area contributed by atoms with Crippen LogP contribution < -0.4 is 5.32 Å². The van der Waals surface area contributed by atoms with E-state index in [1.807, 2.05) is 12.1 Å². The normalized spacial score (nSPS) is 10.9. The molecule has 0 unspecified atom stereocenters. The molecule has 1 amide bonds. The molecule has 0 aliphatic carbocycles. The van der Waals surface area contributed by atoms with E-state index in [2.05, 4.69) is 5.32 Å². The molecule has 1 heterocycles. The fourth-order valence-corrected chi connectivity index (χ4v) is 3.31. The van der Waals surface area contributed by atoms with Gasteiger partial charge in [-0.3, -0.25) is 9.59 Å². The van der Waals surface area contributed by atoms with E-state index in [1.54, 1.807) is 78.9 Å². The predicted octanol–water partition coefficient (Wildman–Crippen LogP) is 7.40. The van der Waals surface area contributed by atoms with Crippen LogP contribution in [0, 0.1) is 0 Å². The van der Waals surface area contributed by atoms with Crippen molar-refractivity contribution in [3.8, 4) is 11.3 Å². The molecular weight excluding hydrogens is 445 g/mol. The number of ketones is 1. The van der Waals surface area contributed by atoms with Crippen molar-refractivity contribution in [2.45, 2.75) is 0 Å². The van der Waals surface area contributed by atoms with Gasteiger partial charge in [0.05, 0.1) is 10.0 Å². The minimum absolute atomic E-state index is 0.182. The molecule has 4 rings (SSSR count). The molecular formula is C26H17Cl2NO3. The van der Waals surface area contributed by atoms with Crippen molar-refractivity contribution in [1.82, 2.24) is 0 Å². The fourth-order valence-electron chi connectivity index (χ4n) is 3.01. The van der Waals surface area contributed by atoms with Crippen LogP contribution in [0.15, 0.2) is 95.4 Å². The molecule has 0 fully saturated rings. The average molecular weight is 462 g/mol. The molecule has 1 aromatic heterocycles. The van der Waals surface area contributed by atoms with Crippen LogP contribution in [0.4, 0.5) is 5.69 Å². The number of benzene rings is 3. The van der Waals surface area contributed by atoms with Crippen LogP contribution >= 0.6 is 23.2 Å². The topological polar surface area (TPSA) is 59.3 Å². The summed E-state index contributed by atoms with van der Waals surface area (Å²) in [5, 5.41) is 3.72. The molecule has 6 heteroatoms. The molecule has 0 atom stereocenters. The molecule has 0 saturated heterocycles. The number of furan rings is 1. The Morgan fingerprint density at radius 2 is 1.53 bits per heavy atom. The van der Waals surface area contributed by atoms with Crippen molar-refractivity contribution in [3.63, 3.8) is 0 Å². The molecule has 0 spiro atoms. The first-order valence-corrected chi connectivity index (χ1v) is 10.5. The van der Waals surface area contributed by atoms with E-state index in [0.717, 1.165) is 5.56 Å². The van der Waals surface area contributed by atoms with Gasteiger partial charge >= 0.3 is 0 Å². The van der Waals surface area contributed by atoms with Gasteiger partial charge in [0.15, 0.2) is 5.78 Å². The number of carbonyl (C=O) groups is 2. The van der Waals surface area contributed by atoms with Crippen molar-refractivity contribution in [2.24, 2.45) is 0 Å². The molecule has 158 valence electrons. The Labute approximate surface area is 195 Å². The molecule has 4 nitrogen and oxygen atoms in total. The van der Waals surface area contributed by atoms with Crippen LogP contribution in [-0.4, -0.2) is 11.7 Å². The third-order valence-electron chi connectivity index (χ3n) is 4.69. The summed E-state index contributed by atoms with van der Waals surface area (Å²) in [6.45, 7) is 0. The number of carbonyl (C=O) groups excluding carboxylic acids is 2. The highest BCUT2D eigenvalue weighted by atomic mass is 35.5. The number of hydrogen-bond acceptors (Lipinski definition) is 3. The summed E-state index contributed by atoms with van der Waals surface area (Å²) in [6, 6.07) is 24.4. The highest BCUT2D eigenvalue weighted by Crippen LogP contribution is 2.29. The van der Waals surface area contributed by atoms with Crippen molar-refractivity contribution >= 4 is 46.7 Å². The zero-order valence-corrected chi connectivity index (χ0v) is 18.2. The largest absolute Gasteiger partial charge is 0.457 e. The van der Waals surface area contributed by atoms with Gasteiger partial charge in [-0.05, 0) is 78.9 Å². The van der Waals surface area contributed by atoms with Crippen LogP contribution in [0.1, 0.15) is 26.5 Å². The summed E-state index contributed by atoms with van der Waals surface area (Å²) in [5.41, 5.74) is 2.46. The Kier molecular flexibility index (Phi) is 6.55. The van der Waals surface area contributed by atoms with Crippen molar-refractivity contribution in [2.75, 3.05) is 5.32 Å². The Balaban J connectivity index is 1.40. The van der Waals surface area contributed by atoms with Gasteiger partial charge in [-0.15, -0.1) is 0 Å². The zero-order valence-electron chi connectivity index (χ0n) is 16.7. The quantitative estimate of drug-likeness (QED) is 0.240. The Bertz CT molecular complexity index is 1290. The van der Waals surface area contributed by atoms with E-state index in [4.69, 9.17) is 27.6 Å². The number of hydrogen-bond donors (Lipinski definition) is 1. The van der Waals surface area contributed by atoms with Gasteiger partial charge in [0.1, 0.15) is 11.5 Å². The minimum Gasteiger partial charge on any atom is -0.457 e. The Hall–Kier alpha value is -3.60. The molecule has 0 radical (unpaired) electrons. The molecule has 0 aliphatic heterocycles. The van der Waals surface area contributed by atoms with Gasteiger partial charge in [0.25, 0.3) is 5.91 Å². The molecule has 4 aromatic rings. The zero-order chi connectivity index (χ0) is 22.5. The number of allylic oxidation sites excluding steroid dienone is 1. The second kappa shape index (κ2) is 9.69. The van der Waals surface area contributed by atoms with E-state index in [1.165, 1.54) is 6.08 Å². The predicted molar refractivity (Wildman–Crippen MR) is 128 cm³/mol. The first-order valence-electron chi connectivity index (χ1n) is 9.74. The lowest BCUT2D eigenvalue weighted by molar-refractivity contribution is 0.102. The SMILES string of the molecule is O=C(/C=C/c1ccc(-c2ccc(Cl)c(Cl)c2)o1)c1ccc(NC(=O)c2ccccc2)cc1. The van der Waals surface area contributed by atoms with Gasteiger partial charge < -0.3 is 9.73 Å². The molecule has 32 heavy (non-hydrogen) atoms. The summed E-state index contributed by atoms with van der Waals surface area (Å²) in [5.74, 6) is 0.763. The fraction of sp³-hybridized carbons (Fsp3) is 0. The van der Waals surface area contributed by atoms with E-state index in [0.29, 0.717) is 38.4 Å². The van der Waals surface area contributed by atoms with E-state index < -0.39 is 0 Å². The number of nitrogens with one attached hydrogen (secondary N) is 1. The molecule has 0 bridgehead atoms. The van der Waals surface area contributed by atoms with E-state index in [-0.39, 0.29) is 11.7 Å². The monoisotopic (exact) mass is 461 g/mol. The average Bonchev–Trinajstić information content (AvgIpc) is 3.29. The lowest BCUT2D eigenvalue weighted by Crippen LogP contribution is -2.11. The summed E-state index contributed by atoms with van der Waals surface area (Å²) >= 11 is 12.0. The first-order chi connectivity index (χ1) is 15.5. The maximum absolute atomic E-state index is 12.5. The molecule has 0 aliphatic rings. The van der Waals surface area contributed by atoms with Crippen LogP contribution in [0.3, 0.4) is 0 Å². The van der Waals surface area contributed by atoms with Crippen molar-refractivity contribution < 1.29 is 14.0 Å². The molecule has 0 saturated carbocycles. The number of amides is 1. The summed E-state index contributed by atoms with van der Waals surface area (Å²) in [4.78, 5) is 24.7. The van der Waals surface area contributed by atoms with Crippen molar-refractivity contribution in [1.29, 1.82) is 0 Å². The van der Waals surface area contributed by atoms with Gasteiger partial charge in [-0.2, -0.15) is 0 Å². The standard InChI is InChI=1S/C26H17Cl2NO3/c27-22-13-8-19(16-23(22)28)25-15-12-21(32-25)11-14-24(30)17-6-9-20(10-7-17)29-26(31)18-4-2-1-3-5-18/h1-16H,(H,29,31)/b14-11+. The van der Waals surface area contributed by atoms with Crippen LogP contribution in [0.2, 0.25) is 10.0 Å². The van der Waals surface area contributed by atoms with Gasteiger partial charge in [-0.1, -0.05) is 41.4 Å². The summed E-state index contributed by atoms with van der Waals surface area (Å²) in [6.07, 6.45) is 3.05. The first kappa shape index (κ1) is 21.6. The Morgan fingerprint density at radius 3 is 2.25 bits per heavy atom. The van der Waals surface area contributed by atoms with E-state index in [9.17, 15) is 9.59 Å².